The lowest BCUT2D eigenvalue weighted by molar-refractivity contribution is 0.0843. The first kappa shape index (κ1) is 12.5. The molecule has 1 aromatic rings. The van der Waals surface area contributed by atoms with Gasteiger partial charge in [-0.3, -0.25) is 9.69 Å². The van der Waals surface area contributed by atoms with Crippen molar-refractivity contribution in [1.29, 1.82) is 0 Å². The Morgan fingerprint density at radius 1 is 1.26 bits per heavy atom. The number of Topliss-reactive ketones (excluding diaryl/α,β-unsaturated/α-hetero) is 1. The highest BCUT2D eigenvalue weighted by molar-refractivity contribution is 6.00. The van der Waals surface area contributed by atoms with Gasteiger partial charge in [-0.2, -0.15) is 0 Å². The average Bonchev–Trinajstić information content (AvgIpc) is 3.09. The largest absolute Gasteiger partial charge is 0.454 e. The Morgan fingerprint density at radius 3 is 2.74 bits per heavy atom. The molecule has 4 nitrogen and oxygen atoms in total. The molecule has 2 aliphatic rings. The zero-order valence-corrected chi connectivity index (χ0v) is 11.2. The number of ketones is 1. The molecule has 0 aliphatic carbocycles. The van der Waals surface area contributed by atoms with E-state index in [4.69, 9.17) is 9.47 Å². The van der Waals surface area contributed by atoms with Gasteiger partial charge in [-0.05, 0) is 50.6 Å². The maximum Gasteiger partial charge on any atom is 0.231 e. The Balaban J connectivity index is 1.81. The van der Waals surface area contributed by atoms with Crippen molar-refractivity contribution in [3.63, 3.8) is 0 Å². The number of benzene rings is 1. The number of fused-ring (bicyclic) bond motifs is 1. The first-order valence-corrected chi connectivity index (χ1v) is 6.97. The van der Waals surface area contributed by atoms with Gasteiger partial charge < -0.3 is 9.47 Å². The number of nitrogens with zero attached hydrogens (tertiary/aromatic N) is 1. The van der Waals surface area contributed by atoms with Crippen LogP contribution in [-0.2, 0) is 0 Å². The van der Waals surface area contributed by atoms with E-state index in [0.29, 0.717) is 5.75 Å². The maximum atomic E-state index is 12.6. The van der Waals surface area contributed by atoms with Crippen LogP contribution in [0.1, 0.15) is 36.5 Å². The topological polar surface area (TPSA) is 38.8 Å². The number of hydrogen-bond acceptors (Lipinski definition) is 4. The van der Waals surface area contributed by atoms with Gasteiger partial charge >= 0.3 is 0 Å². The van der Waals surface area contributed by atoms with Crippen LogP contribution < -0.4 is 9.47 Å². The molecular formula is C15H19NO3. The van der Waals surface area contributed by atoms with E-state index in [-0.39, 0.29) is 18.6 Å². The van der Waals surface area contributed by atoms with Crippen LogP contribution in [0.4, 0.5) is 0 Å². The summed E-state index contributed by atoms with van der Waals surface area (Å²) in [4.78, 5) is 14.9. The molecule has 0 bridgehead atoms. The quantitative estimate of drug-likeness (QED) is 0.780. The molecule has 0 saturated carbocycles. The Bertz CT molecular complexity index is 480. The van der Waals surface area contributed by atoms with Crippen molar-refractivity contribution in [1.82, 2.24) is 4.90 Å². The number of carbonyl (C=O) groups is 1. The zero-order valence-electron chi connectivity index (χ0n) is 11.2. The highest BCUT2D eigenvalue weighted by Gasteiger charge is 2.28. The molecule has 4 heteroatoms. The van der Waals surface area contributed by atoms with Gasteiger partial charge in [0.2, 0.25) is 6.79 Å². The highest BCUT2D eigenvalue weighted by atomic mass is 16.7. The van der Waals surface area contributed by atoms with E-state index in [1.54, 1.807) is 0 Å². The second-order valence-corrected chi connectivity index (χ2v) is 5.10. The molecule has 0 N–H and O–H groups in total. The number of ether oxygens (including phenoxy) is 2. The van der Waals surface area contributed by atoms with Gasteiger partial charge in [0.15, 0.2) is 17.3 Å². The molecule has 2 aliphatic heterocycles. The van der Waals surface area contributed by atoms with Crippen LogP contribution in [-0.4, -0.2) is 36.6 Å². The summed E-state index contributed by atoms with van der Waals surface area (Å²) in [5.41, 5.74) is 0.725. The average molecular weight is 261 g/mol. The van der Waals surface area contributed by atoms with Gasteiger partial charge in [0.1, 0.15) is 0 Å². The van der Waals surface area contributed by atoms with Crippen molar-refractivity contribution < 1.29 is 14.3 Å². The van der Waals surface area contributed by atoms with Crippen LogP contribution in [0.2, 0.25) is 0 Å². The van der Waals surface area contributed by atoms with Crippen LogP contribution in [0.5, 0.6) is 11.5 Å². The zero-order chi connectivity index (χ0) is 13.2. The van der Waals surface area contributed by atoms with Crippen LogP contribution in [0.25, 0.3) is 0 Å². The normalized spacial score (nSPS) is 19.6. The van der Waals surface area contributed by atoms with E-state index >= 15 is 0 Å². The van der Waals surface area contributed by atoms with Crippen LogP contribution in [0.15, 0.2) is 18.2 Å². The van der Waals surface area contributed by atoms with Crippen LogP contribution in [0.3, 0.4) is 0 Å². The van der Waals surface area contributed by atoms with E-state index in [2.05, 4.69) is 11.8 Å². The standard InChI is InChI=1S/C15H19NO3/c1-2-12(16-7-3-4-8-16)15(17)11-5-6-13-14(9-11)19-10-18-13/h5-6,9,12H,2-4,7-8,10H2,1H3/t12-/m1/s1. The van der Waals surface area contributed by atoms with Crippen molar-refractivity contribution in [3.8, 4) is 11.5 Å². The number of carbonyl (C=O) groups excluding carboxylic acids is 1. The summed E-state index contributed by atoms with van der Waals surface area (Å²) in [6.45, 7) is 4.40. The molecule has 0 radical (unpaired) electrons. The van der Waals surface area contributed by atoms with Crippen molar-refractivity contribution in [2.24, 2.45) is 0 Å². The van der Waals surface area contributed by atoms with Gasteiger partial charge in [0.25, 0.3) is 0 Å². The molecule has 0 amide bonds. The second kappa shape index (κ2) is 5.21. The number of hydrogen-bond donors (Lipinski definition) is 0. The third-order valence-corrected chi connectivity index (χ3v) is 3.93. The van der Waals surface area contributed by atoms with E-state index in [0.717, 1.165) is 30.8 Å². The lowest BCUT2D eigenvalue weighted by atomic mass is 10.0. The van der Waals surface area contributed by atoms with Crippen LogP contribution >= 0.6 is 0 Å². The molecule has 1 fully saturated rings. The van der Waals surface area contributed by atoms with E-state index in [1.165, 1.54) is 12.8 Å². The summed E-state index contributed by atoms with van der Waals surface area (Å²) in [5.74, 6) is 1.61. The molecule has 19 heavy (non-hydrogen) atoms. The second-order valence-electron chi connectivity index (χ2n) is 5.10. The molecule has 3 rings (SSSR count). The predicted molar refractivity (Wildman–Crippen MR) is 71.8 cm³/mol. The minimum absolute atomic E-state index is 0.00266. The Hall–Kier alpha value is -1.55. The molecular weight excluding hydrogens is 242 g/mol. The van der Waals surface area contributed by atoms with Crippen molar-refractivity contribution in [2.75, 3.05) is 19.9 Å². The number of likely N-dealkylation sites (tertiary alicyclic amines) is 1. The molecule has 0 aromatic heterocycles. The first-order valence-electron chi connectivity index (χ1n) is 6.97. The van der Waals surface area contributed by atoms with Crippen molar-refractivity contribution in [3.05, 3.63) is 23.8 Å². The van der Waals surface area contributed by atoms with Gasteiger partial charge in [-0.1, -0.05) is 6.92 Å². The van der Waals surface area contributed by atoms with E-state index in [9.17, 15) is 4.79 Å². The predicted octanol–water partition coefficient (Wildman–Crippen LogP) is 2.47. The first-order chi connectivity index (χ1) is 9.29. The fourth-order valence-electron chi connectivity index (χ4n) is 2.90. The summed E-state index contributed by atoms with van der Waals surface area (Å²) in [6, 6.07) is 5.48. The summed E-state index contributed by atoms with van der Waals surface area (Å²) in [7, 11) is 0. The fourth-order valence-corrected chi connectivity index (χ4v) is 2.90. The van der Waals surface area contributed by atoms with E-state index < -0.39 is 0 Å². The summed E-state index contributed by atoms with van der Waals surface area (Å²) < 4.78 is 10.6. The molecule has 1 aromatic carbocycles. The van der Waals surface area contributed by atoms with Gasteiger partial charge in [0, 0.05) is 5.56 Å². The molecule has 1 atom stereocenters. The smallest absolute Gasteiger partial charge is 0.231 e. The summed E-state index contributed by atoms with van der Waals surface area (Å²) in [5, 5.41) is 0. The lowest BCUT2D eigenvalue weighted by Gasteiger charge is -2.25. The monoisotopic (exact) mass is 261 g/mol. The van der Waals surface area contributed by atoms with Crippen molar-refractivity contribution in [2.45, 2.75) is 32.2 Å². The fraction of sp³-hybridized carbons (Fsp3) is 0.533. The lowest BCUT2D eigenvalue weighted by Crippen LogP contribution is -2.38. The number of rotatable bonds is 4. The summed E-state index contributed by atoms with van der Waals surface area (Å²) >= 11 is 0. The molecule has 1 saturated heterocycles. The Morgan fingerprint density at radius 2 is 2.00 bits per heavy atom. The third kappa shape index (κ3) is 2.32. The van der Waals surface area contributed by atoms with Crippen molar-refractivity contribution >= 4 is 5.78 Å². The SMILES string of the molecule is CC[C@H](C(=O)c1ccc2c(c1)OCO2)N1CCCC1. The Labute approximate surface area is 113 Å². The van der Waals surface area contributed by atoms with Gasteiger partial charge in [0.05, 0.1) is 6.04 Å². The van der Waals surface area contributed by atoms with Gasteiger partial charge in [-0.25, -0.2) is 0 Å². The highest BCUT2D eigenvalue weighted by Crippen LogP contribution is 2.33. The molecule has 102 valence electrons. The summed E-state index contributed by atoms with van der Waals surface area (Å²) in [6.07, 6.45) is 3.25. The molecule has 2 heterocycles. The van der Waals surface area contributed by atoms with Crippen LogP contribution in [0, 0.1) is 0 Å². The minimum Gasteiger partial charge on any atom is -0.454 e. The molecule has 0 spiro atoms. The minimum atomic E-state index is 0.00266. The van der Waals surface area contributed by atoms with E-state index in [1.807, 2.05) is 18.2 Å². The Kier molecular flexibility index (Phi) is 3.42. The van der Waals surface area contributed by atoms with Gasteiger partial charge in [-0.15, -0.1) is 0 Å². The molecule has 0 unspecified atom stereocenters. The third-order valence-electron chi connectivity index (χ3n) is 3.93. The maximum absolute atomic E-state index is 12.6.